The van der Waals surface area contributed by atoms with Gasteiger partial charge in [-0.1, -0.05) is 36.8 Å². The van der Waals surface area contributed by atoms with Gasteiger partial charge in [0.25, 0.3) is 0 Å². The monoisotopic (exact) mass is 415 g/mol. The molecular weight excluding hydrogens is 381 g/mol. The van der Waals surface area contributed by atoms with Gasteiger partial charge >= 0.3 is 0 Å². The molecule has 1 saturated carbocycles. The first kappa shape index (κ1) is 24.2. The maximum atomic E-state index is 12.9. The van der Waals surface area contributed by atoms with E-state index in [0.29, 0.717) is 18.0 Å². The Bertz CT molecular complexity index is 572. The Balaban J connectivity index is 0.00000182. The second-order valence-corrected chi connectivity index (χ2v) is 8.06. The van der Waals surface area contributed by atoms with Crippen molar-refractivity contribution in [2.45, 2.75) is 70.1 Å². The van der Waals surface area contributed by atoms with Crippen molar-refractivity contribution in [2.75, 3.05) is 13.6 Å². The maximum Gasteiger partial charge on any atom is 0.225 e. The summed E-state index contributed by atoms with van der Waals surface area (Å²) in [5.74, 6) is 0.468. The molecule has 1 aromatic rings. The lowest BCUT2D eigenvalue weighted by Gasteiger charge is -2.42. The number of amides is 1. The van der Waals surface area contributed by atoms with Gasteiger partial charge in [0.1, 0.15) is 0 Å². The van der Waals surface area contributed by atoms with Crippen molar-refractivity contribution in [1.29, 1.82) is 0 Å². The zero-order chi connectivity index (χ0) is 17.8. The molecule has 1 saturated heterocycles. The third-order valence-electron chi connectivity index (χ3n) is 6.17. The molecule has 3 rings (SSSR count). The van der Waals surface area contributed by atoms with Crippen LogP contribution in [0.4, 0.5) is 0 Å². The van der Waals surface area contributed by atoms with E-state index in [1.165, 1.54) is 5.56 Å². The molecule has 1 aliphatic carbocycles. The Morgan fingerprint density at radius 3 is 2.48 bits per heavy atom. The molecule has 1 aliphatic heterocycles. The smallest absolute Gasteiger partial charge is 0.225 e. The number of carbonyl (C=O) groups excluding carboxylic acids is 1. The summed E-state index contributed by atoms with van der Waals surface area (Å²) in [6.07, 6.45) is 6.18. The molecular formula is C21H35Cl2N3O. The van der Waals surface area contributed by atoms with Gasteiger partial charge in [0.15, 0.2) is 0 Å². The van der Waals surface area contributed by atoms with Gasteiger partial charge in [-0.05, 0) is 44.6 Å². The van der Waals surface area contributed by atoms with Crippen LogP contribution < -0.4 is 5.73 Å². The van der Waals surface area contributed by atoms with Gasteiger partial charge in [0, 0.05) is 44.2 Å². The summed E-state index contributed by atoms with van der Waals surface area (Å²) in [5.41, 5.74) is 7.45. The summed E-state index contributed by atoms with van der Waals surface area (Å²) in [6, 6.07) is 11.7. The van der Waals surface area contributed by atoms with Crippen LogP contribution in [0.25, 0.3) is 0 Å². The molecule has 0 radical (unpaired) electrons. The number of carbonyl (C=O) groups is 1. The van der Waals surface area contributed by atoms with Crippen LogP contribution in [0.15, 0.2) is 30.3 Å². The zero-order valence-electron chi connectivity index (χ0n) is 16.5. The standard InChI is InChI=1S/C21H33N3O.2ClH/c1-16-13-20(11-12-24(16)15-17-7-4-3-5-8-17)23(2)21(25)18-9-6-10-19(22)14-18;;/h3-5,7-8,16,18-20H,6,9-15,22H2,1-2H3;2*1H. The average Bonchev–Trinajstić information content (AvgIpc) is 2.63. The highest BCUT2D eigenvalue weighted by atomic mass is 35.5. The van der Waals surface area contributed by atoms with Crippen molar-refractivity contribution in [1.82, 2.24) is 9.80 Å². The molecule has 4 nitrogen and oxygen atoms in total. The molecule has 6 heteroatoms. The zero-order valence-corrected chi connectivity index (χ0v) is 18.2. The summed E-state index contributed by atoms with van der Waals surface area (Å²) >= 11 is 0. The van der Waals surface area contributed by atoms with Crippen molar-refractivity contribution in [3.63, 3.8) is 0 Å². The number of likely N-dealkylation sites (tertiary alicyclic amines) is 1. The number of piperidine rings is 1. The van der Waals surface area contributed by atoms with E-state index in [1.54, 1.807) is 0 Å². The minimum absolute atomic E-state index is 0. The predicted octanol–water partition coefficient (Wildman–Crippen LogP) is 3.86. The normalized spacial score (nSPS) is 28.6. The first-order chi connectivity index (χ1) is 12.0. The minimum atomic E-state index is 0. The van der Waals surface area contributed by atoms with Crippen LogP contribution in [0.3, 0.4) is 0 Å². The van der Waals surface area contributed by atoms with Crippen LogP contribution in [-0.2, 0) is 11.3 Å². The third-order valence-corrected chi connectivity index (χ3v) is 6.17. The number of halogens is 2. The van der Waals surface area contributed by atoms with Crippen LogP contribution in [0.1, 0.15) is 51.0 Å². The van der Waals surface area contributed by atoms with E-state index in [9.17, 15) is 4.79 Å². The van der Waals surface area contributed by atoms with Gasteiger partial charge in [0.05, 0.1) is 0 Å². The second-order valence-electron chi connectivity index (χ2n) is 8.06. The summed E-state index contributed by atoms with van der Waals surface area (Å²) in [6.45, 7) is 4.36. The van der Waals surface area contributed by atoms with Gasteiger partial charge in [-0.3, -0.25) is 9.69 Å². The molecule has 4 unspecified atom stereocenters. The van der Waals surface area contributed by atoms with Crippen LogP contribution in [0, 0.1) is 5.92 Å². The van der Waals surface area contributed by atoms with E-state index in [2.05, 4.69) is 42.2 Å². The van der Waals surface area contributed by atoms with E-state index in [4.69, 9.17) is 5.73 Å². The largest absolute Gasteiger partial charge is 0.342 e. The van der Waals surface area contributed by atoms with Gasteiger partial charge in [0.2, 0.25) is 5.91 Å². The number of hydrogen-bond donors (Lipinski definition) is 1. The molecule has 2 N–H and O–H groups in total. The topological polar surface area (TPSA) is 49.6 Å². The molecule has 1 aromatic carbocycles. The van der Waals surface area contributed by atoms with Crippen LogP contribution in [-0.4, -0.2) is 47.4 Å². The molecule has 1 amide bonds. The molecule has 27 heavy (non-hydrogen) atoms. The Morgan fingerprint density at radius 2 is 1.85 bits per heavy atom. The van der Waals surface area contributed by atoms with Crippen molar-refractivity contribution in [3.05, 3.63) is 35.9 Å². The average molecular weight is 416 g/mol. The van der Waals surface area contributed by atoms with Gasteiger partial charge in [-0.2, -0.15) is 0 Å². The number of hydrogen-bond acceptors (Lipinski definition) is 3. The lowest BCUT2D eigenvalue weighted by molar-refractivity contribution is -0.138. The number of nitrogens with zero attached hydrogens (tertiary/aromatic N) is 2. The Kier molecular flexibility index (Phi) is 10.1. The van der Waals surface area contributed by atoms with E-state index in [1.807, 2.05) is 11.9 Å². The molecule has 2 aliphatic rings. The van der Waals surface area contributed by atoms with Crippen LogP contribution in [0.2, 0.25) is 0 Å². The fourth-order valence-electron chi connectivity index (χ4n) is 4.52. The first-order valence-electron chi connectivity index (χ1n) is 9.85. The van der Waals surface area contributed by atoms with Gasteiger partial charge < -0.3 is 10.6 Å². The molecule has 154 valence electrons. The van der Waals surface area contributed by atoms with E-state index in [-0.39, 0.29) is 36.8 Å². The Hall–Kier alpha value is -0.810. The molecule has 2 fully saturated rings. The third kappa shape index (κ3) is 6.35. The fraction of sp³-hybridized carbons (Fsp3) is 0.667. The highest BCUT2D eigenvalue weighted by molar-refractivity contribution is 5.85. The van der Waals surface area contributed by atoms with Gasteiger partial charge in [-0.25, -0.2) is 0 Å². The predicted molar refractivity (Wildman–Crippen MR) is 117 cm³/mol. The summed E-state index contributed by atoms with van der Waals surface area (Å²) in [4.78, 5) is 17.5. The van der Waals surface area contributed by atoms with Crippen LogP contribution >= 0.6 is 24.8 Å². The Labute approximate surface area is 176 Å². The lowest BCUT2D eigenvalue weighted by atomic mass is 9.84. The highest BCUT2D eigenvalue weighted by Crippen LogP contribution is 2.28. The highest BCUT2D eigenvalue weighted by Gasteiger charge is 2.34. The van der Waals surface area contributed by atoms with Crippen molar-refractivity contribution in [3.8, 4) is 0 Å². The molecule has 0 spiro atoms. The maximum absolute atomic E-state index is 12.9. The quantitative estimate of drug-likeness (QED) is 0.811. The number of nitrogens with two attached hydrogens (primary N) is 1. The lowest BCUT2D eigenvalue weighted by Crippen LogP contribution is -2.51. The molecule has 0 aromatic heterocycles. The van der Waals surface area contributed by atoms with Crippen molar-refractivity contribution < 1.29 is 4.79 Å². The summed E-state index contributed by atoms with van der Waals surface area (Å²) in [5, 5.41) is 0. The summed E-state index contributed by atoms with van der Waals surface area (Å²) < 4.78 is 0. The van der Waals surface area contributed by atoms with E-state index < -0.39 is 0 Å². The number of rotatable bonds is 4. The molecule has 0 bridgehead atoms. The molecule has 1 heterocycles. The first-order valence-corrected chi connectivity index (χ1v) is 9.85. The SMILES string of the molecule is CC1CC(N(C)C(=O)C2CCCC(N)C2)CCN1Cc1ccccc1.Cl.Cl. The summed E-state index contributed by atoms with van der Waals surface area (Å²) in [7, 11) is 2.01. The van der Waals surface area contributed by atoms with Crippen LogP contribution in [0.5, 0.6) is 0 Å². The van der Waals surface area contributed by atoms with E-state index >= 15 is 0 Å². The van der Waals surface area contributed by atoms with E-state index in [0.717, 1.165) is 51.6 Å². The molecule has 4 atom stereocenters. The minimum Gasteiger partial charge on any atom is -0.342 e. The Morgan fingerprint density at radius 1 is 1.15 bits per heavy atom. The van der Waals surface area contributed by atoms with Gasteiger partial charge in [-0.15, -0.1) is 24.8 Å². The second kappa shape index (κ2) is 11.3. The van der Waals surface area contributed by atoms with Crippen molar-refractivity contribution in [2.24, 2.45) is 11.7 Å². The number of benzene rings is 1. The fourth-order valence-corrected chi connectivity index (χ4v) is 4.52. The van der Waals surface area contributed by atoms with Crippen molar-refractivity contribution >= 4 is 30.7 Å².